The van der Waals surface area contributed by atoms with E-state index in [-0.39, 0.29) is 5.25 Å². The number of likely N-dealkylation sites (tertiary alicyclic amines) is 1. The molecule has 0 radical (unpaired) electrons. The van der Waals surface area contributed by atoms with Gasteiger partial charge in [0.1, 0.15) is 0 Å². The summed E-state index contributed by atoms with van der Waals surface area (Å²) in [6.07, 6.45) is 3.64. The van der Waals surface area contributed by atoms with Crippen LogP contribution < -0.4 is 4.72 Å². The quantitative estimate of drug-likeness (QED) is 0.830. The van der Waals surface area contributed by atoms with Gasteiger partial charge in [-0.15, -0.1) is 0 Å². The minimum absolute atomic E-state index is 0.288. The first-order valence-corrected chi connectivity index (χ1v) is 8.73. The molecule has 0 aliphatic carbocycles. The molecular weight excluding hydrogens is 276 g/mol. The second kappa shape index (κ2) is 6.24. The van der Waals surface area contributed by atoms with Gasteiger partial charge in [-0.3, -0.25) is 9.58 Å². The first kappa shape index (κ1) is 15.5. The number of sulfonamides is 1. The predicted octanol–water partition coefficient (Wildman–Crippen LogP) is 0.496. The Morgan fingerprint density at radius 1 is 1.45 bits per heavy atom. The summed E-state index contributed by atoms with van der Waals surface area (Å²) in [6.45, 7) is 6.58. The maximum atomic E-state index is 12.0. The van der Waals surface area contributed by atoms with Crippen LogP contribution in [0.2, 0.25) is 0 Å². The first-order chi connectivity index (χ1) is 9.46. The molecule has 0 bridgehead atoms. The van der Waals surface area contributed by atoms with E-state index in [2.05, 4.69) is 21.6 Å². The first-order valence-electron chi connectivity index (χ1n) is 7.18. The van der Waals surface area contributed by atoms with Gasteiger partial charge in [-0.25, -0.2) is 13.1 Å². The minimum atomic E-state index is -3.16. The molecule has 0 spiro atoms. The molecule has 1 saturated heterocycles. The van der Waals surface area contributed by atoms with Crippen molar-refractivity contribution in [2.24, 2.45) is 7.05 Å². The third kappa shape index (κ3) is 3.39. The van der Waals surface area contributed by atoms with Crippen molar-refractivity contribution in [3.05, 3.63) is 17.5 Å². The van der Waals surface area contributed by atoms with E-state index in [4.69, 9.17) is 0 Å². The van der Waals surface area contributed by atoms with Crippen LogP contribution in [0.15, 0.2) is 6.20 Å². The summed E-state index contributed by atoms with van der Waals surface area (Å²) in [5, 5.41) is 4.14. The van der Waals surface area contributed by atoms with Gasteiger partial charge in [-0.1, -0.05) is 13.8 Å². The molecule has 1 unspecified atom stereocenters. The van der Waals surface area contributed by atoms with E-state index >= 15 is 0 Å². The maximum Gasteiger partial charge on any atom is 0.215 e. The Labute approximate surface area is 121 Å². The van der Waals surface area contributed by atoms with Gasteiger partial charge >= 0.3 is 0 Å². The smallest absolute Gasteiger partial charge is 0.215 e. The maximum absolute atomic E-state index is 12.0. The van der Waals surface area contributed by atoms with E-state index in [0.717, 1.165) is 25.2 Å². The average molecular weight is 300 g/mol. The lowest BCUT2D eigenvalue weighted by molar-refractivity contribution is 0.330. The van der Waals surface area contributed by atoms with Crippen LogP contribution in [-0.4, -0.2) is 48.0 Å². The fraction of sp³-hybridized carbons (Fsp3) is 0.769. The Morgan fingerprint density at radius 3 is 2.85 bits per heavy atom. The fourth-order valence-electron chi connectivity index (χ4n) is 2.77. The number of rotatable bonds is 6. The van der Waals surface area contributed by atoms with Crippen LogP contribution in [0.25, 0.3) is 0 Å². The number of hydrogen-bond acceptors (Lipinski definition) is 4. The van der Waals surface area contributed by atoms with Gasteiger partial charge in [0.15, 0.2) is 0 Å². The lowest BCUT2D eigenvalue weighted by Crippen LogP contribution is -2.36. The van der Waals surface area contributed by atoms with Crippen LogP contribution in [0.3, 0.4) is 0 Å². The van der Waals surface area contributed by atoms with E-state index in [1.54, 1.807) is 0 Å². The molecule has 1 N–H and O–H groups in total. The number of aromatic nitrogens is 2. The highest BCUT2D eigenvalue weighted by molar-refractivity contribution is 7.90. The van der Waals surface area contributed by atoms with Gasteiger partial charge in [0.25, 0.3) is 0 Å². The second-order valence-electron chi connectivity index (χ2n) is 5.32. The lowest BCUT2D eigenvalue weighted by Gasteiger charge is -2.16. The van der Waals surface area contributed by atoms with E-state index in [9.17, 15) is 8.42 Å². The normalized spacial score (nSPS) is 20.6. The SMILES string of the molecule is CCNS(=O)(=O)C1CCN(Cc2cn(C)nc2CC)C1. The van der Waals surface area contributed by atoms with Crippen LogP contribution in [0.4, 0.5) is 0 Å². The van der Waals surface area contributed by atoms with Crippen molar-refractivity contribution in [1.82, 2.24) is 19.4 Å². The molecule has 0 aromatic carbocycles. The zero-order chi connectivity index (χ0) is 14.8. The van der Waals surface area contributed by atoms with Gasteiger partial charge < -0.3 is 0 Å². The molecule has 2 rings (SSSR count). The van der Waals surface area contributed by atoms with Crippen molar-refractivity contribution in [3.8, 4) is 0 Å². The molecule has 1 aromatic rings. The predicted molar refractivity (Wildman–Crippen MR) is 78.9 cm³/mol. The average Bonchev–Trinajstić information content (AvgIpc) is 2.97. The number of hydrogen-bond donors (Lipinski definition) is 1. The summed E-state index contributed by atoms with van der Waals surface area (Å²) in [5.41, 5.74) is 2.31. The largest absolute Gasteiger partial charge is 0.298 e. The molecule has 6 nitrogen and oxygen atoms in total. The molecule has 1 aromatic heterocycles. The highest BCUT2D eigenvalue weighted by atomic mass is 32.2. The van der Waals surface area contributed by atoms with Crippen LogP contribution in [-0.2, 0) is 30.0 Å². The zero-order valence-corrected chi connectivity index (χ0v) is 13.3. The van der Waals surface area contributed by atoms with Gasteiger partial charge in [-0.05, 0) is 19.4 Å². The Hall–Kier alpha value is -0.920. The Morgan fingerprint density at radius 2 is 2.20 bits per heavy atom. The van der Waals surface area contributed by atoms with Crippen LogP contribution in [0, 0.1) is 0 Å². The molecule has 0 saturated carbocycles. The monoisotopic (exact) mass is 300 g/mol. The molecule has 1 aliphatic heterocycles. The topological polar surface area (TPSA) is 67.2 Å². The summed E-state index contributed by atoms with van der Waals surface area (Å²) in [5.74, 6) is 0. The van der Waals surface area contributed by atoms with Gasteiger partial charge in [0.2, 0.25) is 10.0 Å². The molecule has 1 aliphatic rings. The number of nitrogens with one attached hydrogen (secondary N) is 1. The van der Waals surface area contributed by atoms with Crippen molar-refractivity contribution in [1.29, 1.82) is 0 Å². The highest BCUT2D eigenvalue weighted by Gasteiger charge is 2.32. The zero-order valence-electron chi connectivity index (χ0n) is 12.5. The van der Waals surface area contributed by atoms with Crippen LogP contribution >= 0.6 is 0 Å². The summed E-state index contributed by atoms with van der Waals surface area (Å²) in [6, 6.07) is 0. The van der Waals surface area contributed by atoms with E-state index in [1.807, 2.05) is 24.9 Å². The molecule has 20 heavy (non-hydrogen) atoms. The summed E-state index contributed by atoms with van der Waals surface area (Å²) >= 11 is 0. The van der Waals surface area contributed by atoms with Gasteiger partial charge in [0.05, 0.1) is 10.9 Å². The van der Waals surface area contributed by atoms with E-state index in [1.165, 1.54) is 5.56 Å². The number of nitrogens with zero attached hydrogens (tertiary/aromatic N) is 3. The molecule has 7 heteroatoms. The second-order valence-corrected chi connectivity index (χ2v) is 7.36. The third-order valence-electron chi connectivity index (χ3n) is 3.73. The third-order valence-corrected chi connectivity index (χ3v) is 5.69. The molecule has 2 heterocycles. The molecule has 1 atom stereocenters. The van der Waals surface area contributed by atoms with Crippen molar-refractivity contribution in [2.75, 3.05) is 19.6 Å². The van der Waals surface area contributed by atoms with Crippen molar-refractivity contribution in [3.63, 3.8) is 0 Å². The van der Waals surface area contributed by atoms with Gasteiger partial charge in [0, 0.05) is 38.4 Å². The molecular formula is C13H24N4O2S. The summed E-state index contributed by atoms with van der Waals surface area (Å²) < 4.78 is 28.4. The Kier molecular flexibility index (Phi) is 4.82. The standard InChI is InChI=1S/C13H24N4O2S/c1-4-13-11(8-16(3)15-13)9-17-7-6-12(10-17)20(18,19)14-5-2/h8,12,14H,4-7,9-10H2,1-3H3. The van der Waals surface area contributed by atoms with E-state index < -0.39 is 10.0 Å². The Bertz CT molecular complexity index is 553. The van der Waals surface area contributed by atoms with Crippen molar-refractivity contribution >= 4 is 10.0 Å². The van der Waals surface area contributed by atoms with Crippen LogP contribution in [0.5, 0.6) is 0 Å². The molecule has 1 fully saturated rings. The number of aryl methyl sites for hydroxylation is 2. The Balaban J connectivity index is 2.00. The summed E-state index contributed by atoms with van der Waals surface area (Å²) in [7, 11) is -1.24. The van der Waals surface area contributed by atoms with Crippen molar-refractivity contribution in [2.45, 2.75) is 38.5 Å². The lowest BCUT2D eigenvalue weighted by atomic mass is 10.2. The molecule has 114 valence electrons. The highest BCUT2D eigenvalue weighted by Crippen LogP contribution is 2.20. The molecule has 0 amide bonds. The minimum Gasteiger partial charge on any atom is -0.298 e. The fourth-order valence-corrected chi connectivity index (χ4v) is 4.23. The van der Waals surface area contributed by atoms with Gasteiger partial charge in [-0.2, -0.15) is 5.10 Å². The van der Waals surface area contributed by atoms with E-state index in [0.29, 0.717) is 19.5 Å². The van der Waals surface area contributed by atoms with Crippen LogP contribution in [0.1, 0.15) is 31.5 Å². The van der Waals surface area contributed by atoms with Crippen molar-refractivity contribution < 1.29 is 8.42 Å². The summed E-state index contributed by atoms with van der Waals surface area (Å²) in [4.78, 5) is 2.20.